The first-order valence-electron chi connectivity index (χ1n) is 8.35. The number of carbonyl (C=O) groups is 1. The van der Waals surface area contributed by atoms with Crippen molar-refractivity contribution in [3.05, 3.63) is 65.2 Å². The fraction of sp³-hybridized carbons (Fsp3) is 0.263. The summed E-state index contributed by atoms with van der Waals surface area (Å²) >= 11 is 5.81. The highest BCUT2D eigenvalue weighted by Gasteiger charge is 2.04. The minimum atomic E-state index is -0.136. The van der Waals surface area contributed by atoms with Crippen LogP contribution >= 0.6 is 11.6 Å². The number of para-hydroxylation sites is 1. The molecule has 0 saturated heterocycles. The van der Waals surface area contributed by atoms with Crippen LogP contribution in [0.25, 0.3) is 0 Å². The van der Waals surface area contributed by atoms with E-state index in [0.29, 0.717) is 42.8 Å². The number of benzene rings is 2. The Morgan fingerprint density at radius 2 is 1.62 bits per heavy atom. The molecule has 0 unspecified atom stereocenters. The topological polar surface area (TPSA) is 74.8 Å². The maximum atomic E-state index is 12.0. The van der Waals surface area contributed by atoms with Gasteiger partial charge >= 0.3 is 0 Å². The summed E-state index contributed by atoms with van der Waals surface area (Å²) in [5.74, 6) is 1.35. The zero-order chi connectivity index (χ0) is 18.6. The van der Waals surface area contributed by atoms with Crippen LogP contribution in [0.3, 0.4) is 0 Å². The highest BCUT2D eigenvalue weighted by Crippen LogP contribution is 2.09. The molecule has 0 aliphatic heterocycles. The molecule has 0 spiro atoms. The Hall–Kier alpha value is -2.73. The first-order valence-corrected chi connectivity index (χ1v) is 8.73. The van der Waals surface area contributed by atoms with Gasteiger partial charge in [-0.25, -0.2) is 0 Å². The number of nitrogens with one attached hydrogen (secondary N) is 3. The number of carbonyl (C=O) groups excluding carboxylic acids is 1. The van der Waals surface area contributed by atoms with Crippen molar-refractivity contribution in [2.75, 3.05) is 33.3 Å². The molecule has 2 aromatic rings. The lowest BCUT2D eigenvalue weighted by molar-refractivity contribution is 0.0954. The maximum absolute atomic E-state index is 12.0. The maximum Gasteiger partial charge on any atom is 0.251 e. The summed E-state index contributed by atoms with van der Waals surface area (Å²) in [6.45, 7) is 2.17. The number of halogens is 1. The SMILES string of the molecule is CN=C(NCCNC(=O)c1ccc(Cl)cc1)NCCOc1ccccc1. The molecule has 0 atom stereocenters. The van der Waals surface area contributed by atoms with Crippen molar-refractivity contribution in [3.8, 4) is 5.75 Å². The molecule has 0 saturated carbocycles. The van der Waals surface area contributed by atoms with E-state index in [2.05, 4.69) is 20.9 Å². The molecule has 3 N–H and O–H groups in total. The van der Waals surface area contributed by atoms with E-state index in [1.807, 2.05) is 30.3 Å². The number of aliphatic imine (C=N–C) groups is 1. The summed E-state index contributed by atoms with van der Waals surface area (Å²) in [7, 11) is 1.69. The zero-order valence-electron chi connectivity index (χ0n) is 14.7. The third-order valence-corrected chi connectivity index (χ3v) is 3.69. The van der Waals surface area contributed by atoms with Crippen LogP contribution in [0.1, 0.15) is 10.4 Å². The minimum Gasteiger partial charge on any atom is -0.492 e. The molecule has 2 aromatic carbocycles. The standard InChI is InChI=1S/C19H23ClN4O2/c1-21-19(24-13-14-26-17-5-3-2-4-6-17)23-12-11-22-18(25)15-7-9-16(20)10-8-15/h2-10H,11-14H2,1H3,(H,22,25)(H2,21,23,24). The smallest absolute Gasteiger partial charge is 0.251 e. The Labute approximate surface area is 158 Å². The van der Waals surface area contributed by atoms with Crippen LogP contribution in [0.5, 0.6) is 5.75 Å². The van der Waals surface area contributed by atoms with Crippen LogP contribution < -0.4 is 20.7 Å². The van der Waals surface area contributed by atoms with E-state index in [1.165, 1.54) is 0 Å². The molecule has 0 heterocycles. The first kappa shape index (κ1) is 19.6. The lowest BCUT2D eigenvalue weighted by atomic mass is 10.2. The number of amides is 1. The van der Waals surface area contributed by atoms with E-state index in [9.17, 15) is 4.79 Å². The summed E-state index contributed by atoms with van der Waals surface area (Å²) < 4.78 is 5.60. The molecule has 0 aliphatic rings. The highest BCUT2D eigenvalue weighted by atomic mass is 35.5. The van der Waals surface area contributed by atoms with Crippen molar-refractivity contribution >= 4 is 23.5 Å². The van der Waals surface area contributed by atoms with Crippen LogP contribution in [0, 0.1) is 0 Å². The van der Waals surface area contributed by atoms with E-state index in [4.69, 9.17) is 16.3 Å². The summed E-state index contributed by atoms with van der Waals surface area (Å²) in [5, 5.41) is 9.72. The Bertz CT molecular complexity index is 705. The molecular formula is C19H23ClN4O2. The molecule has 0 radical (unpaired) electrons. The van der Waals surface area contributed by atoms with Gasteiger partial charge in [-0.15, -0.1) is 0 Å². The first-order chi connectivity index (χ1) is 12.7. The second-order valence-corrected chi connectivity index (χ2v) is 5.79. The normalized spacial score (nSPS) is 10.9. The number of hydrogen-bond donors (Lipinski definition) is 3. The van der Waals surface area contributed by atoms with Crippen LogP contribution in [-0.4, -0.2) is 45.2 Å². The monoisotopic (exact) mass is 374 g/mol. The molecule has 138 valence electrons. The molecular weight excluding hydrogens is 352 g/mol. The molecule has 1 amide bonds. The van der Waals surface area contributed by atoms with E-state index in [0.717, 1.165) is 5.75 Å². The number of ether oxygens (including phenoxy) is 1. The molecule has 26 heavy (non-hydrogen) atoms. The second-order valence-electron chi connectivity index (χ2n) is 5.35. The Balaban J connectivity index is 1.59. The largest absolute Gasteiger partial charge is 0.492 e. The third kappa shape index (κ3) is 7.03. The van der Waals surface area contributed by atoms with Gasteiger partial charge in [-0.2, -0.15) is 0 Å². The lowest BCUT2D eigenvalue weighted by Crippen LogP contribution is -2.42. The fourth-order valence-electron chi connectivity index (χ4n) is 2.14. The van der Waals surface area contributed by atoms with Crippen molar-refractivity contribution in [2.24, 2.45) is 4.99 Å². The summed E-state index contributed by atoms with van der Waals surface area (Å²) in [6, 6.07) is 16.4. The highest BCUT2D eigenvalue weighted by molar-refractivity contribution is 6.30. The van der Waals surface area contributed by atoms with Crippen LogP contribution in [0.15, 0.2) is 59.6 Å². The van der Waals surface area contributed by atoms with Gasteiger partial charge in [0.15, 0.2) is 5.96 Å². The van der Waals surface area contributed by atoms with Gasteiger partial charge in [0.1, 0.15) is 12.4 Å². The van der Waals surface area contributed by atoms with Crippen LogP contribution in [0.4, 0.5) is 0 Å². The van der Waals surface area contributed by atoms with Gasteiger partial charge in [0.2, 0.25) is 0 Å². The van der Waals surface area contributed by atoms with Gasteiger partial charge in [0, 0.05) is 30.7 Å². The predicted octanol–water partition coefficient (Wildman–Crippen LogP) is 2.31. The molecule has 7 heteroatoms. The number of guanidine groups is 1. The van der Waals surface area contributed by atoms with E-state index in [1.54, 1.807) is 31.3 Å². The van der Waals surface area contributed by atoms with Gasteiger partial charge in [-0.1, -0.05) is 29.8 Å². The molecule has 0 aliphatic carbocycles. The van der Waals surface area contributed by atoms with Gasteiger partial charge in [0.25, 0.3) is 5.91 Å². The fourth-order valence-corrected chi connectivity index (χ4v) is 2.26. The predicted molar refractivity (Wildman–Crippen MR) is 105 cm³/mol. The lowest BCUT2D eigenvalue weighted by Gasteiger charge is -2.13. The van der Waals surface area contributed by atoms with Gasteiger partial charge in [0.05, 0.1) is 6.54 Å². The zero-order valence-corrected chi connectivity index (χ0v) is 15.4. The molecule has 0 bridgehead atoms. The molecule has 0 fully saturated rings. The number of rotatable bonds is 8. The Kier molecular flexibility index (Phi) is 8.29. The van der Waals surface area contributed by atoms with Crippen LogP contribution in [0.2, 0.25) is 5.02 Å². The van der Waals surface area contributed by atoms with Crippen molar-refractivity contribution in [2.45, 2.75) is 0 Å². The summed E-state index contributed by atoms with van der Waals surface area (Å²) in [6.07, 6.45) is 0. The van der Waals surface area contributed by atoms with E-state index < -0.39 is 0 Å². The average molecular weight is 375 g/mol. The third-order valence-electron chi connectivity index (χ3n) is 3.44. The summed E-state index contributed by atoms with van der Waals surface area (Å²) in [4.78, 5) is 16.1. The number of nitrogens with zero attached hydrogens (tertiary/aromatic N) is 1. The van der Waals surface area contributed by atoms with Crippen molar-refractivity contribution in [1.82, 2.24) is 16.0 Å². The van der Waals surface area contributed by atoms with Gasteiger partial charge < -0.3 is 20.7 Å². The quantitative estimate of drug-likeness (QED) is 0.376. The Morgan fingerprint density at radius 3 is 2.31 bits per heavy atom. The Morgan fingerprint density at radius 1 is 0.962 bits per heavy atom. The van der Waals surface area contributed by atoms with E-state index >= 15 is 0 Å². The van der Waals surface area contributed by atoms with Crippen LogP contribution in [-0.2, 0) is 0 Å². The van der Waals surface area contributed by atoms with Crippen molar-refractivity contribution < 1.29 is 9.53 Å². The minimum absolute atomic E-state index is 0.136. The average Bonchev–Trinajstić information content (AvgIpc) is 2.68. The van der Waals surface area contributed by atoms with Gasteiger partial charge in [-0.05, 0) is 36.4 Å². The van der Waals surface area contributed by atoms with E-state index in [-0.39, 0.29) is 5.91 Å². The van der Waals surface area contributed by atoms with Gasteiger partial charge in [-0.3, -0.25) is 9.79 Å². The molecule has 2 rings (SSSR count). The van der Waals surface area contributed by atoms with Crippen molar-refractivity contribution in [3.63, 3.8) is 0 Å². The summed E-state index contributed by atoms with van der Waals surface area (Å²) in [5.41, 5.74) is 0.579. The molecule has 0 aromatic heterocycles. The molecule has 6 nitrogen and oxygen atoms in total. The second kappa shape index (κ2) is 11.0. The van der Waals surface area contributed by atoms with Crippen molar-refractivity contribution in [1.29, 1.82) is 0 Å². The number of hydrogen-bond acceptors (Lipinski definition) is 3.